The van der Waals surface area contributed by atoms with Crippen LogP contribution >= 0.6 is 0 Å². The number of nitrogens with zero attached hydrogens (tertiary/aromatic N) is 2. The van der Waals surface area contributed by atoms with E-state index in [4.69, 9.17) is 0 Å². The molecule has 5 nitrogen and oxygen atoms in total. The Morgan fingerprint density at radius 3 is 2.56 bits per heavy atom. The number of amides is 1. The fraction of sp³-hybridized carbons (Fsp3) is 0.500. The van der Waals surface area contributed by atoms with Crippen molar-refractivity contribution in [3.63, 3.8) is 0 Å². The van der Waals surface area contributed by atoms with Crippen LogP contribution in [0.1, 0.15) is 65.3 Å². The molecule has 5 heteroatoms. The second kappa shape index (κ2) is 7.40. The summed E-state index contributed by atoms with van der Waals surface area (Å²) in [6, 6.07) is 10.5. The molecule has 1 aliphatic heterocycles. The summed E-state index contributed by atoms with van der Waals surface area (Å²) in [5.74, 6) is 0.474. The first-order valence-electron chi connectivity index (χ1n) is 9.41. The molecule has 1 saturated carbocycles. The van der Waals surface area contributed by atoms with Crippen LogP contribution in [0.15, 0.2) is 30.3 Å². The zero-order chi connectivity index (χ0) is 17.1. The maximum atomic E-state index is 12.2. The first-order valence-corrected chi connectivity index (χ1v) is 9.41. The van der Waals surface area contributed by atoms with E-state index in [1.807, 2.05) is 6.07 Å². The molecule has 1 aliphatic carbocycles. The minimum Gasteiger partial charge on any atom is -0.347 e. The van der Waals surface area contributed by atoms with E-state index in [-0.39, 0.29) is 5.91 Å². The Hall–Kier alpha value is -2.14. The molecule has 0 atom stereocenters. The van der Waals surface area contributed by atoms with Crippen molar-refractivity contribution in [3.05, 3.63) is 52.8 Å². The maximum Gasteiger partial charge on any atom is 0.272 e. The summed E-state index contributed by atoms with van der Waals surface area (Å²) in [6.07, 6.45) is 6.41. The third-order valence-corrected chi connectivity index (χ3v) is 5.18. The Balaban J connectivity index is 1.27. The van der Waals surface area contributed by atoms with Gasteiger partial charge in [-0.05, 0) is 56.0 Å². The van der Waals surface area contributed by atoms with Gasteiger partial charge in [-0.1, -0.05) is 30.7 Å². The molecule has 2 aliphatic rings. The van der Waals surface area contributed by atoms with E-state index in [0.717, 1.165) is 17.8 Å². The molecular weight excluding hydrogens is 312 g/mol. The van der Waals surface area contributed by atoms with Crippen LogP contribution in [0, 0.1) is 0 Å². The lowest BCUT2D eigenvalue weighted by molar-refractivity contribution is 0.0946. The number of nitrogens with one attached hydrogen (secondary N) is 2. The summed E-state index contributed by atoms with van der Waals surface area (Å²) >= 11 is 0. The summed E-state index contributed by atoms with van der Waals surface area (Å²) in [7, 11) is 0. The molecule has 0 unspecified atom stereocenters. The van der Waals surface area contributed by atoms with Gasteiger partial charge in [-0.2, -0.15) is 5.10 Å². The van der Waals surface area contributed by atoms with Crippen molar-refractivity contribution in [3.8, 4) is 0 Å². The third kappa shape index (κ3) is 4.28. The third-order valence-electron chi connectivity index (χ3n) is 5.18. The molecular formula is C20H26N4O. The highest BCUT2D eigenvalue weighted by molar-refractivity contribution is 5.92. The van der Waals surface area contributed by atoms with Gasteiger partial charge in [0.15, 0.2) is 0 Å². The van der Waals surface area contributed by atoms with Crippen molar-refractivity contribution in [2.24, 2.45) is 0 Å². The van der Waals surface area contributed by atoms with Gasteiger partial charge in [-0.15, -0.1) is 0 Å². The number of aromatic nitrogens is 2. The van der Waals surface area contributed by atoms with Gasteiger partial charge < -0.3 is 5.32 Å². The van der Waals surface area contributed by atoms with Crippen molar-refractivity contribution >= 4 is 5.91 Å². The molecule has 132 valence electrons. The van der Waals surface area contributed by atoms with Gasteiger partial charge in [0.2, 0.25) is 0 Å². The normalized spacial score (nSPS) is 18.2. The number of hydrogen-bond acceptors (Lipinski definition) is 3. The maximum absolute atomic E-state index is 12.2. The van der Waals surface area contributed by atoms with Gasteiger partial charge in [0.05, 0.1) is 0 Å². The van der Waals surface area contributed by atoms with Crippen LogP contribution in [0.5, 0.6) is 0 Å². The van der Waals surface area contributed by atoms with Crippen molar-refractivity contribution in [2.75, 3.05) is 13.1 Å². The van der Waals surface area contributed by atoms with Crippen LogP contribution in [0.4, 0.5) is 0 Å². The van der Waals surface area contributed by atoms with Crippen molar-refractivity contribution < 1.29 is 4.79 Å². The summed E-state index contributed by atoms with van der Waals surface area (Å²) in [6.45, 7) is 3.99. The number of piperidine rings is 1. The standard InChI is InChI=1S/C20H26N4O/c25-20(19-12-18(22-23-19)17-8-9-17)21-13-15-4-6-16(7-5-15)14-24-10-2-1-3-11-24/h4-7,12,17H,1-3,8-11,13-14H2,(H,21,25)(H,22,23). The predicted octanol–water partition coefficient (Wildman–Crippen LogP) is 3.20. The van der Waals surface area contributed by atoms with E-state index in [0.29, 0.717) is 18.2 Å². The lowest BCUT2D eigenvalue weighted by Gasteiger charge is -2.26. The highest BCUT2D eigenvalue weighted by atomic mass is 16.1. The Labute approximate surface area is 148 Å². The first-order chi connectivity index (χ1) is 12.3. The van der Waals surface area contributed by atoms with E-state index in [1.165, 1.54) is 50.8 Å². The van der Waals surface area contributed by atoms with Gasteiger partial charge in [-0.25, -0.2) is 0 Å². The molecule has 2 N–H and O–H groups in total. The van der Waals surface area contributed by atoms with Crippen molar-refractivity contribution in [1.29, 1.82) is 0 Å². The van der Waals surface area contributed by atoms with Crippen LogP contribution in [0.25, 0.3) is 0 Å². The quantitative estimate of drug-likeness (QED) is 0.850. The van der Waals surface area contributed by atoms with E-state index in [2.05, 4.69) is 44.7 Å². The van der Waals surface area contributed by atoms with Gasteiger partial charge >= 0.3 is 0 Å². The Morgan fingerprint density at radius 2 is 1.84 bits per heavy atom. The number of carbonyl (C=O) groups is 1. The first kappa shape index (κ1) is 16.3. The van der Waals surface area contributed by atoms with Crippen molar-refractivity contribution in [1.82, 2.24) is 20.4 Å². The molecule has 4 rings (SSSR count). The summed E-state index contributed by atoms with van der Waals surface area (Å²) < 4.78 is 0. The predicted molar refractivity (Wildman–Crippen MR) is 97.3 cm³/mol. The van der Waals surface area contributed by atoms with Gasteiger partial charge in [0.25, 0.3) is 5.91 Å². The average Bonchev–Trinajstić information content (AvgIpc) is 3.38. The number of carbonyl (C=O) groups excluding carboxylic acids is 1. The van der Waals surface area contributed by atoms with Crippen molar-refractivity contribution in [2.45, 2.75) is 51.1 Å². The van der Waals surface area contributed by atoms with Crippen LogP contribution in [-0.4, -0.2) is 34.1 Å². The molecule has 1 aromatic carbocycles. The average molecular weight is 338 g/mol. The molecule has 1 amide bonds. The van der Waals surface area contributed by atoms with Crippen LogP contribution < -0.4 is 5.32 Å². The van der Waals surface area contributed by atoms with Gasteiger partial charge in [0, 0.05) is 24.7 Å². The fourth-order valence-electron chi connectivity index (χ4n) is 3.47. The Kier molecular flexibility index (Phi) is 4.83. The molecule has 2 fully saturated rings. The second-order valence-electron chi connectivity index (χ2n) is 7.32. The number of hydrogen-bond donors (Lipinski definition) is 2. The van der Waals surface area contributed by atoms with Gasteiger partial charge in [0.1, 0.15) is 5.69 Å². The second-order valence-corrected chi connectivity index (χ2v) is 7.32. The summed E-state index contributed by atoms with van der Waals surface area (Å²) in [5.41, 5.74) is 4.04. The molecule has 2 heterocycles. The van der Waals surface area contributed by atoms with E-state index < -0.39 is 0 Å². The van der Waals surface area contributed by atoms with Gasteiger partial charge in [-0.3, -0.25) is 14.8 Å². The Morgan fingerprint density at radius 1 is 1.12 bits per heavy atom. The largest absolute Gasteiger partial charge is 0.347 e. The molecule has 0 spiro atoms. The topological polar surface area (TPSA) is 61.0 Å². The summed E-state index contributed by atoms with van der Waals surface area (Å²) in [5, 5.41) is 10.1. The lowest BCUT2D eigenvalue weighted by atomic mass is 10.1. The van der Waals surface area contributed by atoms with E-state index in [1.54, 1.807) is 0 Å². The minimum atomic E-state index is -0.111. The fourth-order valence-corrected chi connectivity index (χ4v) is 3.47. The minimum absolute atomic E-state index is 0.111. The molecule has 1 saturated heterocycles. The highest BCUT2D eigenvalue weighted by Crippen LogP contribution is 2.38. The molecule has 0 radical (unpaired) electrons. The van der Waals surface area contributed by atoms with Crippen LogP contribution in [-0.2, 0) is 13.1 Å². The number of aromatic amines is 1. The number of likely N-dealkylation sites (tertiary alicyclic amines) is 1. The summed E-state index contributed by atoms with van der Waals surface area (Å²) in [4.78, 5) is 14.7. The zero-order valence-electron chi connectivity index (χ0n) is 14.6. The van der Waals surface area contributed by atoms with E-state index >= 15 is 0 Å². The highest BCUT2D eigenvalue weighted by Gasteiger charge is 2.26. The van der Waals surface area contributed by atoms with Crippen LogP contribution in [0.3, 0.4) is 0 Å². The SMILES string of the molecule is O=C(NCc1ccc(CN2CCCCC2)cc1)c1cc(C2CC2)[nH]n1. The molecule has 25 heavy (non-hydrogen) atoms. The smallest absolute Gasteiger partial charge is 0.272 e. The monoisotopic (exact) mass is 338 g/mol. The molecule has 2 aromatic rings. The Bertz CT molecular complexity index is 712. The molecule has 0 bridgehead atoms. The lowest BCUT2D eigenvalue weighted by Crippen LogP contribution is -2.29. The zero-order valence-corrected chi connectivity index (χ0v) is 14.6. The number of H-pyrrole nitrogens is 1. The van der Waals surface area contributed by atoms with E-state index in [9.17, 15) is 4.79 Å². The number of benzene rings is 1. The van der Waals surface area contributed by atoms with Crippen LogP contribution in [0.2, 0.25) is 0 Å². The molecule has 1 aromatic heterocycles. The number of rotatable bonds is 6.